The molecule has 2 atom stereocenters. The fourth-order valence-electron chi connectivity index (χ4n) is 3.64. The molecule has 1 N–H and O–H groups in total. The first-order valence-electron chi connectivity index (χ1n) is 7.71. The molecule has 2 unspecified atom stereocenters. The summed E-state index contributed by atoms with van der Waals surface area (Å²) >= 11 is 0. The molecule has 0 spiro atoms. The summed E-state index contributed by atoms with van der Waals surface area (Å²) in [5.41, 5.74) is 4.03. The predicted octanol–water partition coefficient (Wildman–Crippen LogP) is 4.34. The molecule has 0 saturated heterocycles. The minimum Gasteiger partial charge on any atom is -0.309 e. The summed E-state index contributed by atoms with van der Waals surface area (Å²) in [6.45, 7) is 10.8. The minimum absolute atomic E-state index is 0.368. The van der Waals surface area contributed by atoms with Gasteiger partial charge in [0.15, 0.2) is 0 Å². The molecule has 1 nitrogen and oxygen atoms in total. The Morgan fingerprint density at radius 1 is 1.11 bits per heavy atom. The van der Waals surface area contributed by atoms with E-state index < -0.39 is 0 Å². The van der Waals surface area contributed by atoms with Gasteiger partial charge in [0.2, 0.25) is 0 Å². The third kappa shape index (κ3) is 2.45. The molecule has 19 heavy (non-hydrogen) atoms. The van der Waals surface area contributed by atoms with Gasteiger partial charge in [-0.05, 0) is 53.7 Å². The first kappa shape index (κ1) is 13.2. The highest BCUT2D eigenvalue weighted by atomic mass is 15.0. The SMILES string of the molecule is CC1(C)CC1CNC1c2ccccc2CCC1(C)C. The largest absolute Gasteiger partial charge is 0.309 e. The highest BCUT2D eigenvalue weighted by Gasteiger charge is 2.46. The number of nitrogens with one attached hydrogen (secondary N) is 1. The van der Waals surface area contributed by atoms with Crippen molar-refractivity contribution < 1.29 is 0 Å². The Balaban J connectivity index is 1.77. The van der Waals surface area contributed by atoms with Crippen molar-refractivity contribution >= 4 is 0 Å². The number of fused-ring (bicyclic) bond motifs is 1. The second-order valence-electron chi connectivity index (χ2n) is 7.92. The Morgan fingerprint density at radius 3 is 2.47 bits per heavy atom. The van der Waals surface area contributed by atoms with Crippen LogP contribution in [0.2, 0.25) is 0 Å². The van der Waals surface area contributed by atoms with Crippen LogP contribution in [0.3, 0.4) is 0 Å². The molecular weight excluding hydrogens is 230 g/mol. The van der Waals surface area contributed by atoms with Crippen LogP contribution in [-0.4, -0.2) is 6.54 Å². The zero-order chi connectivity index (χ0) is 13.7. The summed E-state index contributed by atoms with van der Waals surface area (Å²) in [6, 6.07) is 9.52. The van der Waals surface area contributed by atoms with Crippen molar-refractivity contribution in [3.63, 3.8) is 0 Å². The zero-order valence-electron chi connectivity index (χ0n) is 12.8. The average molecular weight is 257 g/mol. The fraction of sp³-hybridized carbons (Fsp3) is 0.667. The van der Waals surface area contributed by atoms with E-state index in [0.29, 0.717) is 16.9 Å². The smallest absolute Gasteiger partial charge is 0.0374 e. The molecule has 2 aliphatic rings. The van der Waals surface area contributed by atoms with Crippen molar-refractivity contribution in [3.05, 3.63) is 35.4 Å². The van der Waals surface area contributed by atoms with Crippen molar-refractivity contribution in [3.8, 4) is 0 Å². The van der Waals surface area contributed by atoms with Gasteiger partial charge in [-0.1, -0.05) is 52.0 Å². The number of aryl methyl sites for hydroxylation is 1. The second kappa shape index (κ2) is 4.34. The van der Waals surface area contributed by atoms with E-state index in [1.165, 1.54) is 31.4 Å². The van der Waals surface area contributed by atoms with Crippen LogP contribution in [0.1, 0.15) is 57.7 Å². The molecule has 0 aliphatic heterocycles. The first-order chi connectivity index (χ1) is 8.90. The first-order valence-corrected chi connectivity index (χ1v) is 7.71. The van der Waals surface area contributed by atoms with Gasteiger partial charge in [0, 0.05) is 6.04 Å². The van der Waals surface area contributed by atoms with Gasteiger partial charge in [0.1, 0.15) is 0 Å². The zero-order valence-corrected chi connectivity index (χ0v) is 12.8. The molecule has 0 aromatic heterocycles. The van der Waals surface area contributed by atoms with Gasteiger partial charge in [-0.2, -0.15) is 0 Å². The molecule has 1 heteroatoms. The topological polar surface area (TPSA) is 12.0 Å². The molecule has 1 saturated carbocycles. The van der Waals surface area contributed by atoms with Crippen LogP contribution in [0.4, 0.5) is 0 Å². The predicted molar refractivity (Wildman–Crippen MR) is 81.2 cm³/mol. The van der Waals surface area contributed by atoms with Gasteiger partial charge < -0.3 is 5.32 Å². The highest BCUT2D eigenvalue weighted by Crippen LogP contribution is 2.52. The van der Waals surface area contributed by atoms with Gasteiger partial charge in [-0.3, -0.25) is 0 Å². The molecule has 0 radical (unpaired) electrons. The van der Waals surface area contributed by atoms with E-state index >= 15 is 0 Å². The van der Waals surface area contributed by atoms with E-state index in [2.05, 4.69) is 57.3 Å². The molecular formula is C18H27N. The van der Waals surface area contributed by atoms with E-state index in [0.717, 1.165) is 5.92 Å². The van der Waals surface area contributed by atoms with Crippen molar-refractivity contribution in [2.24, 2.45) is 16.7 Å². The van der Waals surface area contributed by atoms with Crippen molar-refractivity contribution in [1.82, 2.24) is 5.32 Å². The maximum absolute atomic E-state index is 3.89. The Hall–Kier alpha value is -0.820. The van der Waals surface area contributed by atoms with Gasteiger partial charge >= 0.3 is 0 Å². The van der Waals surface area contributed by atoms with Gasteiger partial charge in [-0.15, -0.1) is 0 Å². The van der Waals surface area contributed by atoms with Crippen molar-refractivity contribution in [2.75, 3.05) is 6.54 Å². The minimum atomic E-state index is 0.368. The van der Waals surface area contributed by atoms with E-state index in [4.69, 9.17) is 0 Å². The summed E-state index contributed by atoms with van der Waals surface area (Å²) in [7, 11) is 0. The lowest BCUT2D eigenvalue weighted by Gasteiger charge is -2.41. The Bertz CT molecular complexity index is 472. The summed E-state index contributed by atoms with van der Waals surface area (Å²) in [4.78, 5) is 0. The summed E-state index contributed by atoms with van der Waals surface area (Å²) in [5.74, 6) is 0.873. The molecule has 0 bridgehead atoms. The van der Waals surface area contributed by atoms with Crippen LogP contribution >= 0.6 is 0 Å². The van der Waals surface area contributed by atoms with Crippen LogP contribution in [0.5, 0.6) is 0 Å². The van der Waals surface area contributed by atoms with Crippen LogP contribution < -0.4 is 5.32 Å². The van der Waals surface area contributed by atoms with Crippen LogP contribution in [0.25, 0.3) is 0 Å². The summed E-state index contributed by atoms with van der Waals surface area (Å²) in [6.07, 6.45) is 3.90. The van der Waals surface area contributed by atoms with Crippen LogP contribution in [0.15, 0.2) is 24.3 Å². The highest BCUT2D eigenvalue weighted by molar-refractivity contribution is 5.34. The van der Waals surface area contributed by atoms with Crippen LogP contribution in [0, 0.1) is 16.7 Å². The molecule has 1 aromatic rings. The fourth-order valence-corrected chi connectivity index (χ4v) is 3.64. The number of rotatable bonds is 3. The second-order valence-corrected chi connectivity index (χ2v) is 7.92. The lowest BCUT2D eigenvalue weighted by molar-refractivity contribution is 0.206. The molecule has 1 aromatic carbocycles. The Morgan fingerprint density at radius 2 is 1.79 bits per heavy atom. The van der Waals surface area contributed by atoms with Crippen molar-refractivity contribution in [1.29, 1.82) is 0 Å². The molecule has 2 aliphatic carbocycles. The van der Waals surface area contributed by atoms with Crippen LogP contribution in [-0.2, 0) is 6.42 Å². The summed E-state index contributed by atoms with van der Waals surface area (Å²) in [5, 5.41) is 3.89. The van der Waals surface area contributed by atoms with Gasteiger partial charge in [-0.25, -0.2) is 0 Å². The quantitative estimate of drug-likeness (QED) is 0.849. The normalized spacial score (nSPS) is 30.7. The Kier molecular flexibility index (Phi) is 3.01. The molecule has 104 valence electrons. The molecule has 0 heterocycles. The third-order valence-electron chi connectivity index (χ3n) is 5.47. The van der Waals surface area contributed by atoms with E-state index in [-0.39, 0.29) is 0 Å². The lowest BCUT2D eigenvalue weighted by atomic mass is 9.70. The average Bonchev–Trinajstić information content (AvgIpc) is 2.95. The van der Waals surface area contributed by atoms with Gasteiger partial charge in [0.05, 0.1) is 0 Å². The maximum atomic E-state index is 3.89. The number of hydrogen-bond donors (Lipinski definition) is 1. The van der Waals surface area contributed by atoms with Crippen molar-refractivity contribution in [2.45, 2.75) is 53.0 Å². The van der Waals surface area contributed by atoms with E-state index in [1.807, 2.05) is 0 Å². The molecule has 3 rings (SSSR count). The lowest BCUT2D eigenvalue weighted by Crippen LogP contribution is -2.39. The number of hydrogen-bond acceptors (Lipinski definition) is 1. The summed E-state index contributed by atoms with van der Waals surface area (Å²) < 4.78 is 0. The van der Waals surface area contributed by atoms with E-state index in [9.17, 15) is 0 Å². The molecule has 1 fully saturated rings. The number of benzene rings is 1. The monoisotopic (exact) mass is 257 g/mol. The third-order valence-corrected chi connectivity index (χ3v) is 5.47. The Labute approximate surface area is 117 Å². The van der Waals surface area contributed by atoms with Gasteiger partial charge in [0.25, 0.3) is 0 Å². The molecule has 0 amide bonds. The standard InChI is InChI=1S/C18H27N/c1-17(2)10-9-13-7-5-6-8-15(13)16(17)19-12-14-11-18(14,3)4/h5-8,14,16,19H,9-12H2,1-4H3. The maximum Gasteiger partial charge on any atom is 0.0374 e. The van der Waals surface area contributed by atoms with E-state index in [1.54, 1.807) is 5.56 Å².